The Morgan fingerprint density at radius 2 is 2.06 bits per heavy atom. The van der Waals surface area contributed by atoms with Gasteiger partial charge in [0.1, 0.15) is 0 Å². The first kappa shape index (κ1) is 14.0. The Morgan fingerprint density at radius 1 is 1.31 bits per heavy atom. The minimum atomic E-state index is 0.734. The number of rotatable bonds is 6. The van der Waals surface area contributed by atoms with E-state index in [1.165, 1.54) is 16.9 Å². The van der Waals surface area contributed by atoms with E-state index in [0.29, 0.717) is 0 Å². The maximum atomic E-state index is 4.42. The van der Waals surface area contributed by atoms with Crippen molar-refractivity contribution in [3.63, 3.8) is 0 Å². The van der Waals surface area contributed by atoms with Crippen LogP contribution in [0.4, 0.5) is 0 Å². The molecule has 0 spiro atoms. The number of aryl methyl sites for hydroxylation is 1. The standard InChI is InChI=1S/C14H22S2/c1-11(2)14(8-15)10-16-9-13-6-4-5-12(3)7-13/h4-7,11,14-15H,8-10H2,1-3H3. The van der Waals surface area contributed by atoms with E-state index in [2.05, 4.69) is 57.7 Å². The first-order chi connectivity index (χ1) is 7.63. The third-order valence-electron chi connectivity index (χ3n) is 2.86. The molecule has 0 amide bonds. The molecule has 0 bridgehead atoms. The average molecular weight is 254 g/mol. The van der Waals surface area contributed by atoms with Gasteiger partial charge in [-0.25, -0.2) is 0 Å². The summed E-state index contributed by atoms with van der Waals surface area (Å²) in [5.74, 6) is 4.81. The van der Waals surface area contributed by atoms with Gasteiger partial charge in [0.25, 0.3) is 0 Å². The lowest BCUT2D eigenvalue weighted by atomic mass is 10.0. The molecule has 0 heterocycles. The largest absolute Gasteiger partial charge is 0.179 e. The monoisotopic (exact) mass is 254 g/mol. The van der Waals surface area contributed by atoms with Crippen molar-refractivity contribution in [2.24, 2.45) is 11.8 Å². The van der Waals surface area contributed by atoms with Gasteiger partial charge in [-0.2, -0.15) is 24.4 Å². The SMILES string of the molecule is Cc1cccc(CSCC(CS)C(C)C)c1. The van der Waals surface area contributed by atoms with Crippen molar-refractivity contribution in [1.82, 2.24) is 0 Å². The maximum absolute atomic E-state index is 4.42. The molecule has 1 rings (SSSR count). The first-order valence-electron chi connectivity index (χ1n) is 5.87. The molecule has 0 nitrogen and oxygen atoms in total. The van der Waals surface area contributed by atoms with E-state index in [1.807, 2.05) is 11.8 Å². The van der Waals surface area contributed by atoms with Crippen LogP contribution >= 0.6 is 24.4 Å². The lowest BCUT2D eigenvalue weighted by Crippen LogP contribution is -2.13. The maximum Gasteiger partial charge on any atom is 0.0184 e. The first-order valence-corrected chi connectivity index (χ1v) is 7.66. The van der Waals surface area contributed by atoms with Crippen LogP contribution in [0.25, 0.3) is 0 Å². The molecule has 1 unspecified atom stereocenters. The van der Waals surface area contributed by atoms with Crippen LogP contribution in [0.1, 0.15) is 25.0 Å². The van der Waals surface area contributed by atoms with E-state index in [-0.39, 0.29) is 0 Å². The van der Waals surface area contributed by atoms with Gasteiger partial charge in [0.2, 0.25) is 0 Å². The fraction of sp³-hybridized carbons (Fsp3) is 0.571. The highest BCUT2D eigenvalue weighted by molar-refractivity contribution is 7.98. The van der Waals surface area contributed by atoms with Gasteiger partial charge in [0.15, 0.2) is 0 Å². The summed E-state index contributed by atoms with van der Waals surface area (Å²) in [5.41, 5.74) is 2.79. The molecule has 0 aliphatic heterocycles. The summed E-state index contributed by atoms with van der Waals surface area (Å²) >= 11 is 6.45. The minimum Gasteiger partial charge on any atom is -0.179 e. The van der Waals surface area contributed by atoms with E-state index in [0.717, 1.165) is 23.3 Å². The highest BCUT2D eigenvalue weighted by Crippen LogP contribution is 2.21. The normalized spacial score (nSPS) is 13.1. The van der Waals surface area contributed by atoms with Crippen LogP contribution in [0.2, 0.25) is 0 Å². The molecular weight excluding hydrogens is 232 g/mol. The van der Waals surface area contributed by atoms with Crippen LogP contribution in [-0.2, 0) is 5.75 Å². The zero-order chi connectivity index (χ0) is 12.0. The predicted octanol–water partition coefficient (Wildman–Crippen LogP) is 4.43. The van der Waals surface area contributed by atoms with Gasteiger partial charge in [-0.3, -0.25) is 0 Å². The topological polar surface area (TPSA) is 0 Å². The van der Waals surface area contributed by atoms with Gasteiger partial charge in [0.05, 0.1) is 0 Å². The van der Waals surface area contributed by atoms with Gasteiger partial charge in [-0.05, 0) is 35.8 Å². The molecule has 1 atom stereocenters. The molecule has 0 aliphatic rings. The van der Waals surface area contributed by atoms with Crippen molar-refractivity contribution in [2.75, 3.05) is 11.5 Å². The molecule has 16 heavy (non-hydrogen) atoms. The lowest BCUT2D eigenvalue weighted by molar-refractivity contribution is 0.473. The average Bonchev–Trinajstić information content (AvgIpc) is 2.24. The Bertz CT molecular complexity index is 307. The Kier molecular flexibility index (Phi) is 6.37. The van der Waals surface area contributed by atoms with Crippen LogP contribution in [0.5, 0.6) is 0 Å². The Balaban J connectivity index is 2.35. The summed E-state index contributed by atoms with van der Waals surface area (Å²) in [7, 11) is 0. The van der Waals surface area contributed by atoms with E-state index in [4.69, 9.17) is 0 Å². The zero-order valence-electron chi connectivity index (χ0n) is 10.4. The van der Waals surface area contributed by atoms with E-state index in [9.17, 15) is 0 Å². The molecule has 0 aliphatic carbocycles. The summed E-state index contributed by atoms with van der Waals surface area (Å²) in [6.45, 7) is 6.72. The second-order valence-corrected chi connectivity index (χ2v) is 6.09. The van der Waals surface area contributed by atoms with Crippen molar-refractivity contribution in [3.8, 4) is 0 Å². The summed E-state index contributed by atoms with van der Waals surface area (Å²) < 4.78 is 0. The molecule has 0 radical (unpaired) electrons. The molecule has 0 saturated carbocycles. The number of thiol groups is 1. The van der Waals surface area contributed by atoms with Gasteiger partial charge in [-0.1, -0.05) is 43.7 Å². The number of benzene rings is 1. The molecule has 1 aromatic carbocycles. The van der Waals surface area contributed by atoms with Crippen LogP contribution in [0.15, 0.2) is 24.3 Å². The number of hydrogen-bond acceptors (Lipinski definition) is 2. The molecule has 0 N–H and O–H groups in total. The van der Waals surface area contributed by atoms with E-state index >= 15 is 0 Å². The Hall–Kier alpha value is -0.0800. The Labute approximate surface area is 110 Å². The second-order valence-electron chi connectivity index (χ2n) is 4.69. The third kappa shape index (κ3) is 4.84. The molecule has 1 aromatic rings. The summed E-state index contributed by atoms with van der Waals surface area (Å²) in [5, 5.41) is 0. The van der Waals surface area contributed by atoms with Crippen LogP contribution < -0.4 is 0 Å². The molecular formula is C14H22S2. The van der Waals surface area contributed by atoms with Crippen molar-refractivity contribution >= 4 is 24.4 Å². The minimum absolute atomic E-state index is 0.734. The van der Waals surface area contributed by atoms with Crippen molar-refractivity contribution in [1.29, 1.82) is 0 Å². The lowest BCUT2D eigenvalue weighted by Gasteiger charge is -2.17. The molecule has 90 valence electrons. The van der Waals surface area contributed by atoms with Crippen LogP contribution in [0, 0.1) is 18.8 Å². The molecule has 0 saturated heterocycles. The highest BCUT2D eigenvalue weighted by atomic mass is 32.2. The highest BCUT2D eigenvalue weighted by Gasteiger charge is 2.11. The summed E-state index contributed by atoms with van der Waals surface area (Å²) in [6, 6.07) is 8.78. The van der Waals surface area contributed by atoms with Crippen molar-refractivity contribution < 1.29 is 0 Å². The van der Waals surface area contributed by atoms with Gasteiger partial charge >= 0.3 is 0 Å². The summed E-state index contributed by atoms with van der Waals surface area (Å²) in [4.78, 5) is 0. The predicted molar refractivity (Wildman–Crippen MR) is 79.5 cm³/mol. The fourth-order valence-electron chi connectivity index (χ4n) is 1.59. The van der Waals surface area contributed by atoms with Crippen LogP contribution in [0.3, 0.4) is 0 Å². The Morgan fingerprint density at radius 3 is 2.62 bits per heavy atom. The zero-order valence-corrected chi connectivity index (χ0v) is 12.2. The van der Waals surface area contributed by atoms with Gasteiger partial charge < -0.3 is 0 Å². The molecule has 0 fully saturated rings. The number of thioether (sulfide) groups is 1. The summed E-state index contributed by atoms with van der Waals surface area (Å²) in [6.07, 6.45) is 0. The van der Waals surface area contributed by atoms with Crippen molar-refractivity contribution in [2.45, 2.75) is 26.5 Å². The van der Waals surface area contributed by atoms with Gasteiger partial charge in [0, 0.05) is 5.75 Å². The quantitative estimate of drug-likeness (QED) is 0.733. The third-order valence-corrected chi connectivity index (χ3v) is 4.53. The number of hydrogen-bond donors (Lipinski definition) is 1. The second kappa shape index (κ2) is 7.29. The van der Waals surface area contributed by atoms with E-state index in [1.54, 1.807) is 0 Å². The fourth-order valence-corrected chi connectivity index (χ4v) is 3.65. The van der Waals surface area contributed by atoms with Crippen LogP contribution in [-0.4, -0.2) is 11.5 Å². The van der Waals surface area contributed by atoms with E-state index < -0.39 is 0 Å². The smallest absolute Gasteiger partial charge is 0.0184 e. The van der Waals surface area contributed by atoms with Gasteiger partial charge in [-0.15, -0.1) is 0 Å². The molecule has 0 aromatic heterocycles. The molecule has 2 heteroatoms. The van der Waals surface area contributed by atoms with Crippen molar-refractivity contribution in [3.05, 3.63) is 35.4 Å².